The van der Waals surface area contributed by atoms with E-state index in [0.29, 0.717) is 24.2 Å². The fraction of sp³-hybridized carbons (Fsp3) is 0.429. The van der Waals surface area contributed by atoms with Gasteiger partial charge < -0.3 is 10.0 Å². The predicted molar refractivity (Wildman–Crippen MR) is 67.1 cm³/mol. The molecule has 0 spiro atoms. The van der Waals surface area contributed by atoms with Crippen molar-refractivity contribution in [2.45, 2.75) is 19.8 Å². The van der Waals surface area contributed by atoms with Gasteiger partial charge in [0.2, 0.25) is 0 Å². The number of benzene rings is 1. The SMILES string of the molecule is Cc1cccc(C(=O)N2CCCC(C#N)C2)c1O. The van der Waals surface area contributed by atoms with Crippen molar-refractivity contribution in [1.82, 2.24) is 4.90 Å². The fourth-order valence-corrected chi connectivity index (χ4v) is 2.27. The molecule has 1 unspecified atom stereocenters. The molecule has 1 aliphatic rings. The molecule has 1 amide bonds. The number of nitriles is 1. The Labute approximate surface area is 106 Å². The van der Waals surface area contributed by atoms with Crippen LogP contribution < -0.4 is 0 Å². The van der Waals surface area contributed by atoms with E-state index in [4.69, 9.17) is 5.26 Å². The Balaban J connectivity index is 2.21. The number of phenolic OH excluding ortho intramolecular Hbond substituents is 1. The number of aromatic hydroxyl groups is 1. The van der Waals surface area contributed by atoms with Crippen molar-refractivity contribution >= 4 is 5.91 Å². The number of amides is 1. The third kappa shape index (κ3) is 2.30. The third-order valence-electron chi connectivity index (χ3n) is 3.36. The van der Waals surface area contributed by atoms with E-state index in [1.807, 2.05) is 0 Å². The lowest BCUT2D eigenvalue weighted by Gasteiger charge is -2.29. The highest BCUT2D eigenvalue weighted by Crippen LogP contribution is 2.25. The number of piperidine rings is 1. The minimum Gasteiger partial charge on any atom is -0.507 e. The minimum atomic E-state index is -0.184. The van der Waals surface area contributed by atoms with Gasteiger partial charge in [-0.25, -0.2) is 0 Å². The first-order valence-electron chi connectivity index (χ1n) is 6.11. The van der Waals surface area contributed by atoms with Gasteiger partial charge >= 0.3 is 0 Å². The summed E-state index contributed by atoms with van der Waals surface area (Å²) >= 11 is 0. The molecule has 0 radical (unpaired) electrons. The van der Waals surface area contributed by atoms with E-state index >= 15 is 0 Å². The van der Waals surface area contributed by atoms with Crippen LogP contribution in [0.5, 0.6) is 5.75 Å². The molecule has 4 heteroatoms. The van der Waals surface area contributed by atoms with Gasteiger partial charge in [-0.3, -0.25) is 4.79 Å². The van der Waals surface area contributed by atoms with E-state index in [9.17, 15) is 9.90 Å². The lowest BCUT2D eigenvalue weighted by atomic mass is 9.98. The Morgan fingerprint density at radius 3 is 3.06 bits per heavy atom. The molecular formula is C14H16N2O2. The lowest BCUT2D eigenvalue weighted by molar-refractivity contribution is 0.0695. The minimum absolute atomic E-state index is 0.0431. The standard InChI is InChI=1S/C14H16N2O2/c1-10-4-2-6-12(13(10)17)14(18)16-7-3-5-11(8-15)9-16/h2,4,6,11,17H,3,5,7,9H2,1H3. The summed E-state index contributed by atoms with van der Waals surface area (Å²) < 4.78 is 0. The van der Waals surface area contributed by atoms with Crippen molar-refractivity contribution in [2.75, 3.05) is 13.1 Å². The lowest BCUT2D eigenvalue weighted by Crippen LogP contribution is -2.39. The van der Waals surface area contributed by atoms with Gasteiger partial charge in [0, 0.05) is 13.1 Å². The van der Waals surface area contributed by atoms with Crippen molar-refractivity contribution in [3.8, 4) is 11.8 Å². The van der Waals surface area contributed by atoms with E-state index in [1.54, 1.807) is 30.0 Å². The van der Waals surface area contributed by atoms with Crippen molar-refractivity contribution in [3.63, 3.8) is 0 Å². The first-order valence-corrected chi connectivity index (χ1v) is 6.11. The second kappa shape index (κ2) is 5.09. The average molecular weight is 244 g/mol. The first-order chi connectivity index (χ1) is 8.63. The molecule has 1 aromatic rings. The summed E-state index contributed by atoms with van der Waals surface area (Å²) in [7, 11) is 0. The van der Waals surface area contributed by atoms with Gasteiger partial charge in [0.05, 0.1) is 17.6 Å². The number of carbonyl (C=O) groups is 1. The van der Waals surface area contributed by atoms with Crippen molar-refractivity contribution < 1.29 is 9.90 Å². The summed E-state index contributed by atoms with van der Waals surface area (Å²) in [6.07, 6.45) is 1.69. The van der Waals surface area contributed by atoms with Crippen LogP contribution in [0, 0.1) is 24.2 Å². The van der Waals surface area contributed by atoms with Crippen LogP contribution in [0.2, 0.25) is 0 Å². The van der Waals surface area contributed by atoms with Crippen molar-refractivity contribution in [1.29, 1.82) is 5.26 Å². The molecule has 1 aromatic carbocycles. The molecule has 0 saturated carbocycles. The van der Waals surface area contributed by atoms with E-state index in [0.717, 1.165) is 12.8 Å². The van der Waals surface area contributed by atoms with E-state index in [1.165, 1.54) is 0 Å². The summed E-state index contributed by atoms with van der Waals surface area (Å²) in [5.74, 6) is -0.229. The number of phenols is 1. The molecule has 0 aliphatic carbocycles. The summed E-state index contributed by atoms with van der Waals surface area (Å²) in [5.41, 5.74) is 1.02. The number of carbonyl (C=O) groups excluding carboxylic acids is 1. The molecule has 1 aliphatic heterocycles. The summed E-state index contributed by atoms with van der Waals surface area (Å²) in [4.78, 5) is 13.9. The molecule has 1 atom stereocenters. The van der Waals surface area contributed by atoms with Crippen LogP contribution in [0.4, 0.5) is 0 Å². The summed E-state index contributed by atoms with van der Waals surface area (Å²) in [5, 5.41) is 18.8. The van der Waals surface area contributed by atoms with Gasteiger partial charge in [-0.2, -0.15) is 5.26 Å². The molecule has 1 fully saturated rings. The molecule has 4 nitrogen and oxygen atoms in total. The Hall–Kier alpha value is -2.02. The number of nitrogens with zero attached hydrogens (tertiary/aromatic N) is 2. The van der Waals surface area contributed by atoms with Crippen molar-refractivity contribution in [2.24, 2.45) is 5.92 Å². The quantitative estimate of drug-likeness (QED) is 0.822. The van der Waals surface area contributed by atoms with Crippen LogP contribution in [-0.4, -0.2) is 29.0 Å². The molecule has 0 bridgehead atoms. The van der Waals surface area contributed by atoms with Crippen LogP contribution in [0.3, 0.4) is 0 Å². The summed E-state index contributed by atoms with van der Waals surface area (Å²) in [6.45, 7) is 2.88. The molecule has 2 rings (SSSR count). The van der Waals surface area contributed by atoms with Gasteiger partial charge in [-0.15, -0.1) is 0 Å². The molecule has 1 N–H and O–H groups in total. The maximum absolute atomic E-state index is 12.3. The molecule has 94 valence electrons. The van der Waals surface area contributed by atoms with Crippen molar-refractivity contribution in [3.05, 3.63) is 29.3 Å². The van der Waals surface area contributed by atoms with Crippen LogP contribution in [0.25, 0.3) is 0 Å². The molecular weight excluding hydrogens is 228 g/mol. The van der Waals surface area contributed by atoms with Crippen LogP contribution in [0.15, 0.2) is 18.2 Å². The number of aryl methyl sites for hydroxylation is 1. The van der Waals surface area contributed by atoms with E-state index in [2.05, 4.69) is 6.07 Å². The number of rotatable bonds is 1. The fourth-order valence-electron chi connectivity index (χ4n) is 2.27. The highest BCUT2D eigenvalue weighted by molar-refractivity contribution is 5.97. The normalized spacial score (nSPS) is 19.3. The second-order valence-corrected chi connectivity index (χ2v) is 4.69. The zero-order chi connectivity index (χ0) is 13.1. The third-order valence-corrected chi connectivity index (χ3v) is 3.36. The van der Waals surface area contributed by atoms with Gasteiger partial charge in [-0.05, 0) is 31.4 Å². The topological polar surface area (TPSA) is 64.3 Å². The number of likely N-dealkylation sites (tertiary alicyclic amines) is 1. The van der Waals surface area contributed by atoms with Crippen LogP contribution in [-0.2, 0) is 0 Å². The maximum Gasteiger partial charge on any atom is 0.257 e. The Morgan fingerprint density at radius 1 is 1.56 bits per heavy atom. The Morgan fingerprint density at radius 2 is 2.33 bits per heavy atom. The predicted octanol–water partition coefficient (Wildman–Crippen LogP) is 2.08. The highest BCUT2D eigenvalue weighted by Gasteiger charge is 2.25. The summed E-state index contributed by atoms with van der Waals surface area (Å²) in [6, 6.07) is 7.36. The van der Waals surface area contributed by atoms with Gasteiger partial charge in [0.25, 0.3) is 5.91 Å². The zero-order valence-electron chi connectivity index (χ0n) is 10.4. The van der Waals surface area contributed by atoms with E-state index in [-0.39, 0.29) is 17.6 Å². The van der Waals surface area contributed by atoms with Gasteiger partial charge in [0.1, 0.15) is 5.75 Å². The van der Waals surface area contributed by atoms with Crippen LogP contribution >= 0.6 is 0 Å². The number of hydrogen-bond donors (Lipinski definition) is 1. The number of hydrogen-bond acceptors (Lipinski definition) is 3. The molecule has 18 heavy (non-hydrogen) atoms. The Bertz CT molecular complexity index is 505. The smallest absolute Gasteiger partial charge is 0.257 e. The largest absolute Gasteiger partial charge is 0.507 e. The monoisotopic (exact) mass is 244 g/mol. The zero-order valence-corrected chi connectivity index (χ0v) is 10.4. The Kier molecular flexibility index (Phi) is 3.52. The molecule has 1 saturated heterocycles. The van der Waals surface area contributed by atoms with E-state index < -0.39 is 0 Å². The highest BCUT2D eigenvalue weighted by atomic mass is 16.3. The molecule has 0 aromatic heterocycles. The second-order valence-electron chi connectivity index (χ2n) is 4.69. The van der Waals surface area contributed by atoms with Gasteiger partial charge in [0.15, 0.2) is 0 Å². The maximum atomic E-state index is 12.3. The number of para-hydroxylation sites is 1. The average Bonchev–Trinajstić information content (AvgIpc) is 2.41. The van der Waals surface area contributed by atoms with Gasteiger partial charge in [-0.1, -0.05) is 12.1 Å². The van der Waals surface area contributed by atoms with Crippen LogP contribution in [0.1, 0.15) is 28.8 Å². The molecule has 1 heterocycles. The first kappa shape index (κ1) is 12.4.